The number of hydrogen-bond acceptors (Lipinski definition) is 1. The van der Waals surface area contributed by atoms with Crippen LogP contribution in [-0.2, 0) is 0 Å². The van der Waals surface area contributed by atoms with Crippen molar-refractivity contribution in [1.29, 1.82) is 0 Å². The van der Waals surface area contributed by atoms with Crippen molar-refractivity contribution in [2.75, 3.05) is 0 Å². The number of carbonyl (C=O) groups excluding carboxylic acids is 1. The summed E-state index contributed by atoms with van der Waals surface area (Å²) < 4.78 is 0. The Labute approximate surface area is 94.0 Å². The molecule has 0 saturated heterocycles. The van der Waals surface area contributed by atoms with Gasteiger partial charge in [0.1, 0.15) is 0 Å². The summed E-state index contributed by atoms with van der Waals surface area (Å²) in [6.45, 7) is 2.00. The van der Waals surface area contributed by atoms with Gasteiger partial charge in [-0.2, -0.15) is 0 Å². The number of carbonyl (C=O) groups is 1. The fourth-order valence-corrected chi connectivity index (χ4v) is 2.27. The first-order chi connectivity index (χ1) is 7.77. The van der Waals surface area contributed by atoms with Crippen LogP contribution in [0.4, 0.5) is 0 Å². The molecule has 2 aliphatic rings. The molecule has 1 atom stereocenters. The van der Waals surface area contributed by atoms with E-state index in [2.05, 4.69) is 11.0 Å². The molecular weight excluding hydrogens is 198 g/mol. The molecule has 1 aliphatic heterocycles. The quantitative estimate of drug-likeness (QED) is 0.653. The second kappa shape index (κ2) is 3.22. The molecule has 0 bridgehead atoms. The van der Waals surface area contributed by atoms with E-state index in [-0.39, 0.29) is 11.9 Å². The Bertz CT molecular complexity index is 574. The molecule has 1 amide bonds. The Kier molecular flexibility index (Phi) is 1.85. The largest absolute Gasteiger partial charge is 0.345 e. The predicted molar refractivity (Wildman–Crippen MR) is 63.9 cm³/mol. The molecular formula is C14H11NO. The molecule has 0 radical (unpaired) electrons. The normalized spacial score (nSPS) is 20.9. The number of allylic oxidation sites excluding steroid dienone is 2. The molecule has 2 nitrogen and oxygen atoms in total. The SMILES string of the molecule is CC1NC(=O)c2cccc3c2C1=CC=C=C3. The van der Waals surface area contributed by atoms with Gasteiger partial charge in [-0.25, -0.2) is 0 Å². The molecule has 1 aromatic carbocycles. The van der Waals surface area contributed by atoms with E-state index in [1.807, 2.05) is 43.4 Å². The molecule has 1 aliphatic carbocycles. The third kappa shape index (κ3) is 1.17. The van der Waals surface area contributed by atoms with Crippen LogP contribution in [-0.4, -0.2) is 11.9 Å². The lowest BCUT2D eigenvalue weighted by atomic mass is 9.87. The molecule has 0 spiro atoms. The van der Waals surface area contributed by atoms with E-state index in [4.69, 9.17) is 0 Å². The van der Waals surface area contributed by atoms with Crippen LogP contribution in [0.1, 0.15) is 28.4 Å². The standard InChI is InChI=1S/C14H11NO/c1-9-11-7-3-2-5-10-6-4-8-12(13(10)11)14(16)15-9/h3-9H,1H3,(H,15,16). The van der Waals surface area contributed by atoms with Crippen molar-refractivity contribution in [2.24, 2.45) is 0 Å². The molecule has 1 N–H and O–H groups in total. The van der Waals surface area contributed by atoms with Gasteiger partial charge in [-0.05, 0) is 42.4 Å². The first-order valence-electron chi connectivity index (χ1n) is 5.34. The molecule has 1 unspecified atom stereocenters. The summed E-state index contributed by atoms with van der Waals surface area (Å²) in [6, 6.07) is 5.85. The molecule has 1 aromatic rings. The molecule has 0 aromatic heterocycles. The average Bonchev–Trinajstić information content (AvgIpc) is 2.49. The molecule has 0 saturated carbocycles. The molecule has 2 heteroatoms. The highest BCUT2D eigenvalue weighted by molar-refractivity contribution is 6.05. The summed E-state index contributed by atoms with van der Waals surface area (Å²) in [7, 11) is 0. The van der Waals surface area contributed by atoms with Crippen molar-refractivity contribution < 1.29 is 4.79 Å². The predicted octanol–water partition coefficient (Wildman–Crippen LogP) is 2.38. The molecule has 3 rings (SSSR count). The number of rotatable bonds is 0. The molecule has 78 valence electrons. The lowest BCUT2D eigenvalue weighted by molar-refractivity contribution is 0.0943. The number of hydrogen-bond donors (Lipinski definition) is 1. The van der Waals surface area contributed by atoms with Crippen molar-refractivity contribution in [3.05, 3.63) is 52.8 Å². The average molecular weight is 209 g/mol. The van der Waals surface area contributed by atoms with Gasteiger partial charge in [0.05, 0.1) is 6.04 Å². The highest BCUT2D eigenvalue weighted by Gasteiger charge is 2.27. The highest BCUT2D eigenvalue weighted by atomic mass is 16.1. The van der Waals surface area contributed by atoms with Gasteiger partial charge in [-0.3, -0.25) is 4.79 Å². The van der Waals surface area contributed by atoms with Crippen molar-refractivity contribution in [1.82, 2.24) is 5.32 Å². The smallest absolute Gasteiger partial charge is 0.252 e. The minimum Gasteiger partial charge on any atom is -0.345 e. The van der Waals surface area contributed by atoms with Gasteiger partial charge < -0.3 is 5.32 Å². The van der Waals surface area contributed by atoms with E-state index < -0.39 is 0 Å². The van der Waals surface area contributed by atoms with Crippen LogP contribution < -0.4 is 5.32 Å². The number of amides is 1. The van der Waals surface area contributed by atoms with Crippen molar-refractivity contribution in [2.45, 2.75) is 13.0 Å². The summed E-state index contributed by atoms with van der Waals surface area (Å²) in [6.07, 6.45) is 5.84. The molecule has 0 fully saturated rings. The Balaban J connectivity index is 2.38. The Morgan fingerprint density at radius 3 is 3.12 bits per heavy atom. The van der Waals surface area contributed by atoms with Crippen LogP contribution in [0.25, 0.3) is 11.6 Å². The van der Waals surface area contributed by atoms with Gasteiger partial charge >= 0.3 is 0 Å². The maximum atomic E-state index is 11.9. The lowest BCUT2D eigenvalue weighted by Gasteiger charge is -2.26. The minimum atomic E-state index is 0.0109. The van der Waals surface area contributed by atoms with E-state index in [1.165, 1.54) is 0 Å². The zero-order valence-corrected chi connectivity index (χ0v) is 8.95. The van der Waals surface area contributed by atoms with Gasteiger partial charge in [0.2, 0.25) is 0 Å². The van der Waals surface area contributed by atoms with Gasteiger partial charge in [-0.15, -0.1) is 5.73 Å². The summed E-state index contributed by atoms with van der Waals surface area (Å²) in [5.41, 5.74) is 7.14. The Morgan fingerprint density at radius 1 is 1.38 bits per heavy atom. The van der Waals surface area contributed by atoms with Crippen LogP contribution in [0.3, 0.4) is 0 Å². The minimum absolute atomic E-state index is 0.0109. The summed E-state index contributed by atoms with van der Waals surface area (Å²) >= 11 is 0. The monoisotopic (exact) mass is 209 g/mol. The van der Waals surface area contributed by atoms with E-state index in [9.17, 15) is 4.79 Å². The maximum Gasteiger partial charge on any atom is 0.252 e. The van der Waals surface area contributed by atoms with Crippen molar-refractivity contribution in [3.8, 4) is 0 Å². The topological polar surface area (TPSA) is 29.1 Å². The van der Waals surface area contributed by atoms with Crippen molar-refractivity contribution in [3.63, 3.8) is 0 Å². The van der Waals surface area contributed by atoms with E-state index in [1.54, 1.807) is 0 Å². The fourth-order valence-electron chi connectivity index (χ4n) is 2.27. The summed E-state index contributed by atoms with van der Waals surface area (Å²) in [4.78, 5) is 11.9. The zero-order valence-electron chi connectivity index (χ0n) is 8.95. The highest BCUT2D eigenvalue weighted by Crippen LogP contribution is 2.31. The summed E-state index contributed by atoms with van der Waals surface area (Å²) in [5, 5.41) is 2.96. The van der Waals surface area contributed by atoms with Gasteiger partial charge in [0.15, 0.2) is 0 Å². The third-order valence-electron chi connectivity index (χ3n) is 3.04. The van der Waals surface area contributed by atoms with E-state index in [0.29, 0.717) is 0 Å². The van der Waals surface area contributed by atoms with Crippen LogP contribution >= 0.6 is 0 Å². The number of nitrogens with one attached hydrogen (secondary N) is 1. The first kappa shape index (κ1) is 9.20. The second-order valence-electron chi connectivity index (χ2n) is 4.06. The Hall–Kier alpha value is -2.05. The third-order valence-corrected chi connectivity index (χ3v) is 3.04. The second-order valence-corrected chi connectivity index (χ2v) is 4.06. The maximum absolute atomic E-state index is 11.9. The lowest BCUT2D eigenvalue weighted by Crippen LogP contribution is -2.38. The Morgan fingerprint density at radius 2 is 2.25 bits per heavy atom. The van der Waals surface area contributed by atoms with Gasteiger partial charge in [-0.1, -0.05) is 12.1 Å². The zero-order chi connectivity index (χ0) is 11.1. The van der Waals surface area contributed by atoms with Gasteiger partial charge in [0.25, 0.3) is 5.91 Å². The van der Waals surface area contributed by atoms with Crippen LogP contribution in [0, 0.1) is 0 Å². The van der Waals surface area contributed by atoms with E-state index in [0.717, 1.165) is 22.3 Å². The first-order valence-corrected chi connectivity index (χ1v) is 5.34. The fraction of sp³-hybridized carbons (Fsp3) is 0.143. The molecule has 1 heterocycles. The van der Waals surface area contributed by atoms with Crippen molar-refractivity contribution >= 4 is 17.6 Å². The van der Waals surface area contributed by atoms with Crippen LogP contribution in [0.2, 0.25) is 0 Å². The van der Waals surface area contributed by atoms with E-state index >= 15 is 0 Å². The number of benzene rings is 1. The summed E-state index contributed by atoms with van der Waals surface area (Å²) in [5.74, 6) is 0.0109. The van der Waals surface area contributed by atoms with Crippen LogP contribution in [0.15, 0.2) is 36.1 Å². The van der Waals surface area contributed by atoms with Gasteiger partial charge in [0, 0.05) is 11.1 Å². The van der Waals surface area contributed by atoms with Crippen LogP contribution in [0.5, 0.6) is 0 Å². The molecule has 16 heavy (non-hydrogen) atoms.